The molecule has 9 heteroatoms. The van der Waals surface area contributed by atoms with E-state index in [0.717, 1.165) is 23.2 Å². The zero-order chi connectivity index (χ0) is 20.1. The van der Waals surface area contributed by atoms with Crippen molar-refractivity contribution in [2.24, 2.45) is 12.8 Å². The standard InChI is InChI=1S/C19H21N5O3S/c1-12-16-17(15(11-20)18(21)27-19(16)23(2)22-12)13-5-7-14(8-6-13)24-9-3-4-10-28(24,25)26/h5-8,17H,3-4,9-10,21H2,1-2H3. The number of allylic oxidation sites excluding steroid dienone is 1. The maximum absolute atomic E-state index is 12.4. The van der Waals surface area contributed by atoms with Crippen molar-refractivity contribution in [2.45, 2.75) is 25.7 Å². The van der Waals surface area contributed by atoms with E-state index in [2.05, 4.69) is 11.2 Å². The summed E-state index contributed by atoms with van der Waals surface area (Å²) in [5, 5.41) is 14.1. The minimum absolute atomic E-state index is 0.0608. The highest BCUT2D eigenvalue weighted by Crippen LogP contribution is 2.43. The molecule has 0 amide bonds. The Labute approximate surface area is 163 Å². The molecule has 3 heterocycles. The summed E-state index contributed by atoms with van der Waals surface area (Å²) in [7, 11) is -1.51. The van der Waals surface area contributed by atoms with Crippen LogP contribution in [0.4, 0.5) is 5.69 Å². The van der Waals surface area contributed by atoms with Crippen LogP contribution in [-0.2, 0) is 17.1 Å². The molecule has 4 rings (SSSR count). The number of fused-ring (bicyclic) bond motifs is 1. The van der Waals surface area contributed by atoms with Crippen LogP contribution in [0.1, 0.15) is 35.6 Å². The van der Waals surface area contributed by atoms with Gasteiger partial charge in [-0.15, -0.1) is 0 Å². The molecule has 1 unspecified atom stereocenters. The van der Waals surface area contributed by atoms with Crippen LogP contribution in [0.5, 0.6) is 5.88 Å². The summed E-state index contributed by atoms with van der Waals surface area (Å²) < 4.78 is 33.4. The van der Waals surface area contributed by atoms with Crippen molar-refractivity contribution >= 4 is 15.7 Å². The fourth-order valence-electron chi connectivity index (χ4n) is 3.92. The van der Waals surface area contributed by atoms with Crippen LogP contribution in [0.3, 0.4) is 0 Å². The normalized spacial score (nSPS) is 21.0. The molecule has 1 fully saturated rings. The van der Waals surface area contributed by atoms with Gasteiger partial charge in [0.2, 0.25) is 21.8 Å². The van der Waals surface area contributed by atoms with Crippen LogP contribution >= 0.6 is 0 Å². The average molecular weight is 399 g/mol. The van der Waals surface area contributed by atoms with Gasteiger partial charge in [-0.05, 0) is 37.5 Å². The number of benzene rings is 1. The number of nitrogens with zero attached hydrogens (tertiary/aromatic N) is 4. The minimum atomic E-state index is -3.27. The van der Waals surface area contributed by atoms with E-state index >= 15 is 0 Å². The topological polar surface area (TPSA) is 114 Å². The number of aryl methyl sites for hydroxylation is 2. The third-order valence-corrected chi connectivity index (χ3v) is 7.12. The van der Waals surface area contributed by atoms with E-state index in [1.54, 1.807) is 23.9 Å². The van der Waals surface area contributed by atoms with Gasteiger partial charge in [0, 0.05) is 13.6 Å². The molecule has 0 radical (unpaired) electrons. The lowest BCUT2D eigenvalue weighted by Crippen LogP contribution is -2.37. The second-order valence-corrected chi connectivity index (χ2v) is 9.05. The molecule has 0 spiro atoms. The Hall–Kier alpha value is -2.99. The summed E-state index contributed by atoms with van der Waals surface area (Å²) in [5.41, 5.74) is 9.34. The van der Waals surface area contributed by atoms with Crippen molar-refractivity contribution in [3.05, 3.63) is 52.5 Å². The Kier molecular flexibility index (Phi) is 4.31. The van der Waals surface area contributed by atoms with Gasteiger partial charge in [-0.2, -0.15) is 10.4 Å². The lowest BCUT2D eigenvalue weighted by atomic mass is 9.84. The predicted molar refractivity (Wildman–Crippen MR) is 104 cm³/mol. The molecule has 1 aromatic carbocycles. The van der Waals surface area contributed by atoms with Crippen LogP contribution in [0.25, 0.3) is 0 Å². The van der Waals surface area contributed by atoms with Gasteiger partial charge in [-0.3, -0.25) is 4.31 Å². The van der Waals surface area contributed by atoms with Gasteiger partial charge in [0.15, 0.2) is 0 Å². The van der Waals surface area contributed by atoms with E-state index in [-0.39, 0.29) is 11.6 Å². The molecule has 1 aromatic heterocycles. The molecule has 1 atom stereocenters. The first-order chi connectivity index (χ1) is 13.3. The van der Waals surface area contributed by atoms with Gasteiger partial charge in [0.1, 0.15) is 11.6 Å². The summed E-state index contributed by atoms with van der Waals surface area (Å²) in [5.74, 6) is 0.340. The number of rotatable bonds is 2. The number of hydrogen-bond donors (Lipinski definition) is 1. The molecule has 2 aliphatic rings. The van der Waals surface area contributed by atoms with Crippen molar-refractivity contribution in [3.8, 4) is 11.9 Å². The molecule has 0 bridgehead atoms. The van der Waals surface area contributed by atoms with Gasteiger partial charge >= 0.3 is 0 Å². The zero-order valence-corrected chi connectivity index (χ0v) is 16.5. The van der Waals surface area contributed by atoms with Crippen LogP contribution in [0, 0.1) is 18.3 Å². The molecule has 146 valence electrons. The summed E-state index contributed by atoms with van der Waals surface area (Å²) in [6.45, 7) is 2.35. The van der Waals surface area contributed by atoms with E-state index in [4.69, 9.17) is 10.5 Å². The van der Waals surface area contributed by atoms with Crippen LogP contribution in [0.2, 0.25) is 0 Å². The van der Waals surface area contributed by atoms with E-state index < -0.39 is 15.9 Å². The van der Waals surface area contributed by atoms with Gasteiger partial charge in [0.05, 0.1) is 28.6 Å². The Morgan fingerprint density at radius 1 is 1.29 bits per heavy atom. The highest BCUT2D eigenvalue weighted by atomic mass is 32.2. The monoisotopic (exact) mass is 399 g/mol. The van der Waals surface area contributed by atoms with E-state index in [1.165, 1.54) is 4.31 Å². The minimum Gasteiger partial charge on any atom is -0.422 e. The lowest BCUT2D eigenvalue weighted by Gasteiger charge is -2.29. The van der Waals surface area contributed by atoms with Gasteiger partial charge in [-0.25, -0.2) is 13.1 Å². The Morgan fingerprint density at radius 3 is 2.64 bits per heavy atom. The maximum Gasteiger partial charge on any atom is 0.235 e. The molecule has 0 aliphatic carbocycles. The average Bonchev–Trinajstić information content (AvgIpc) is 2.94. The molecular weight excluding hydrogens is 378 g/mol. The Morgan fingerprint density at radius 2 is 2.00 bits per heavy atom. The quantitative estimate of drug-likeness (QED) is 0.825. The first kappa shape index (κ1) is 18.4. The van der Waals surface area contributed by atoms with E-state index in [9.17, 15) is 13.7 Å². The van der Waals surface area contributed by atoms with Crippen LogP contribution < -0.4 is 14.8 Å². The van der Waals surface area contributed by atoms with E-state index in [1.807, 2.05) is 19.1 Å². The molecular formula is C19H21N5O3S. The van der Waals surface area contributed by atoms with Crippen molar-refractivity contribution in [1.82, 2.24) is 9.78 Å². The molecule has 1 saturated heterocycles. The van der Waals surface area contributed by atoms with Crippen LogP contribution in [0.15, 0.2) is 35.7 Å². The van der Waals surface area contributed by atoms with Crippen molar-refractivity contribution < 1.29 is 13.2 Å². The number of nitriles is 1. The second kappa shape index (κ2) is 6.56. The summed E-state index contributed by atoms with van der Waals surface area (Å²) in [4.78, 5) is 0. The number of anilines is 1. The largest absolute Gasteiger partial charge is 0.422 e. The second-order valence-electron chi connectivity index (χ2n) is 7.04. The third-order valence-electron chi connectivity index (χ3n) is 5.25. The fourth-order valence-corrected chi connectivity index (χ4v) is 5.56. The zero-order valence-electron chi connectivity index (χ0n) is 15.7. The molecule has 28 heavy (non-hydrogen) atoms. The van der Waals surface area contributed by atoms with E-state index in [0.29, 0.717) is 30.1 Å². The predicted octanol–water partition coefficient (Wildman–Crippen LogP) is 1.88. The first-order valence-corrected chi connectivity index (χ1v) is 10.7. The maximum atomic E-state index is 12.4. The lowest BCUT2D eigenvalue weighted by molar-refractivity contribution is 0.358. The highest BCUT2D eigenvalue weighted by molar-refractivity contribution is 7.92. The fraction of sp³-hybridized carbons (Fsp3) is 0.368. The van der Waals surface area contributed by atoms with Crippen molar-refractivity contribution in [3.63, 3.8) is 0 Å². The summed E-state index contributed by atoms with van der Waals surface area (Å²) >= 11 is 0. The first-order valence-electron chi connectivity index (χ1n) is 9.05. The molecule has 2 aromatic rings. The van der Waals surface area contributed by atoms with Gasteiger partial charge in [-0.1, -0.05) is 12.1 Å². The van der Waals surface area contributed by atoms with Crippen LogP contribution in [-0.4, -0.2) is 30.5 Å². The summed E-state index contributed by atoms with van der Waals surface area (Å²) in [6, 6.07) is 9.41. The van der Waals surface area contributed by atoms with Gasteiger partial charge in [0.25, 0.3) is 0 Å². The molecule has 8 nitrogen and oxygen atoms in total. The number of nitrogens with two attached hydrogens (primary N) is 1. The number of sulfonamides is 1. The number of hydrogen-bond acceptors (Lipinski definition) is 6. The number of aromatic nitrogens is 2. The smallest absolute Gasteiger partial charge is 0.235 e. The molecule has 2 N–H and O–H groups in total. The summed E-state index contributed by atoms with van der Waals surface area (Å²) in [6.07, 6.45) is 1.54. The SMILES string of the molecule is Cc1nn(C)c2c1C(c1ccc(N3CCCCS3(=O)=O)cc1)C(C#N)=C(N)O2. The molecule has 0 saturated carbocycles. The Bertz CT molecular complexity index is 1110. The van der Waals surface area contributed by atoms with Crippen molar-refractivity contribution in [1.29, 1.82) is 5.26 Å². The number of ether oxygens (including phenoxy) is 1. The third kappa shape index (κ3) is 2.81. The molecule has 2 aliphatic heterocycles. The van der Waals surface area contributed by atoms with Crippen molar-refractivity contribution in [2.75, 3.05) is 16.6 Å². The van der Waals surface area contributed by atoms with Gasteiger partial charge < -0.3 is 10.5 Å². The highest BCUT2D eigenvalue weighted by Gasteiger charge is 2.35. The Balaban J connectivity index is 1.78.